The molecular formula is C45H57BrCl2N2O4Si. The lowest BCUT2D eigenvalue weighted by atomic mass is 9.87. The average molecular weight is 869 g/mol. The van der Waals surface area contributed by atoms with E-state index in [1.165, 1.54) is 22.3 Å². The van der Waals surface area contributed by atoms with Crippen molar-refractivity contribution in [2.75, 3.05) is 26.2 Å². The number of nitrogens with zero attached hydrogens (tertiary/aromatic N) is 1. The molecule has 10 heteroatoms. The van der Waals surface area contributed by atoms with E-state index in [1.54, 1.807) is 0 Å². The van der Waals surface area contributed by atoms with Gasteiger partial charge in [0, 0.05) is 35.9 Å². The minimum atomic E-state index is -2.08. The molecule has 2 atom stereocenters. The van der Waals surface area contributed by atoms with Gasteiger partial charge in [-0.3, -0.25) is 0 Å². The van der Waals surface area contributed by atoms with Crippen LogP contribution in [0.4, 0.5) is 4.79 Å². The van der Waals surface area contributed by atoms with Crippen LogP contribution in [0, 0.1) is 0 Å². The van der Waals surface area contributed by atoms with Gasteiger partial charge in [-0.2, -0.15) is 0 Å². The quantitative estimate of drug-likeness (QED) is 0.196. The maximum atomic E-state index is 13.0. The maximum absolute atomic E-state index is 13.0. The number of hydrogen-bond acceptors (Lipinski definition) is 5. The molecule has 55 heavy (non-hydrogen) atoms. The number of phenolic OH excluding ortho intramolecular Hbond substituents is 1. The number of aryl methyl sites for hydroxylation is 1. The number of halogens is 3. The molecule has 2 aliphatic heterocycles. The molecule has 0 aromatic heterocycles. The molecule has 2 aliphatic rings. The van der Waals surface area contributed by atoms with E-state index in [1.807, 2.05) is 56.0 Å². The molecule has 2 N–H and O–H groups in total. The Morgan fingerprint density at radius 3 is 2.07 bits per heavy atom. The number of phenols is 1. The zero-order chi connectivity index (χ0) is 40.3. The van der Waals surface area contributed by atoms with Gasteiger partial charge >= 0.3 is 6.09 Å². The van der Waals surface area contributed by atoms with Gasteiger partial charge in [-0.1, -0.05) is 103 Å². The molecule has 0 aliphatic carbocycles. The van der Waals surface area contributed by atoms with Crippen LogP contribution in [-0.4, -0.2) is 56.2 Å². The monoisotopic (exact) mass is 866 g/mol. The number of nitrogens with one attached hydrogen (secondary N) is 1. The van der Waals surface area contributed by atoms with Gasteiger partial charge in [0.2, 0.25) is 0 Å². The Balaban J connectivity index is 0.000000235. The Hall–Kier alpha value is -3.01. The molecule has 0 unspecified atom stereocenters. The molecule has 4 aromatic carbocycles. The number of ether oxygens (including phenoxy) is 1. The van der Waals surface area contributed by atoms with Gasteiger partial charge in [0.15, 0.2) is 0 Å². The largest absolute Gasteiger partial charge is 0.542 e. The van der Waals surface area contributed by atoms with E-state index in [4.69, 9.17) is 32.4 Å². The topological polar surface area (TPSA) is 71.0 Å². The first-order chi connectivity index (χ1) is 25.8. The predicted octanol–water partition coefficient (Wildman–Crippen LogP) is 12.3. The zero-order valence-electron chi connectivity index (χ0n) is 33.8. The van der Waals surface area contributed by atoms with Crippen LogP contribution in [-0.2, 0) is 24.0 Å². The minimum Gasteiger partial charge on any atom is -0.542 e. The van der Waals surface area contributed by atoms with Gasteiger partial charge in [0.05, 0.1) is 10.0 Å². The van der Waals surface area contributed by atoms with E-state index in [-0.39, 0.29) is 28.7 Å². The number of aromatic hydroxyl groups is 1. The lowest BCUT2D eigenvalue weighted by Crippen LogP contribution is -2.44. The van der Waals surface area contributed by atoms with Gasteiger partial charge in [-0.05, 0) is 140 Å². The third-order valence-electron chi connectivity index (χ3n) is 11.0. The highest BCUT2D eigenvalue weighted by atomic mass is 79.9. The summed E-state index contributed by atoms with van der Waals surface area (Å²) in [6.07, 6.45) is 2.42. The lowest BCUT2D eigenvalue weighted by Gasteiger charge is -2.37. The number of carbonyl (C=O) groups excluding carboxylic acids is 1. The molecular weight excluding hydrogens is 811 g/mol. The first kappa shape index (κ1) is 43.1. The van der Waals surface area contributed by atoms with Crippen LogP contribution in [0.5, 0.6) is 11.5 Å². The molecule has 6 rings (SSSR count). The summed E-state index contributed by atoms with van der Waals surface area (Å²) in [7, 11) is -2.08. The van der Waals surface area contributed by atoms with Crippen molar-refractivity contribution in [3.05, 3.63) is 126 Å². The third-order valence-corrected chi connectivity index (χ3v) is 16.5. The van der Waals surface area contributed by atoms with E-state index in [0.29, 0.717) is 29.6 Å². The van der Waals surface area contributed by atoms with Crippen LogP contribution in [0.25, 0.3) is 0 Å². The Morgan fingerprint density at radius 1 is 0.873 bits per heavy atom. The van der Waals surface area contributed by atoms with E-state index < -0.39 is 13.9 Å². The van der Waals surface area contributed by atoms with Gasteiger partial charge in [0.1, 0.15) is 17.1 Å². The second-order valence-corrected chi connectivity index (χ2v) is 23.7. The zero-order valence-corrected chi connectivity index (χ0v) is 37.9. The summed E-state index contributed by atoms with van der Waals surface area (Å²) in [6, 6.07) is 25.0. The number of hydrogen-bond donors (Lipinski definition) is 2. The van der Waals surface area contributed by atoms with E-state index in [2.05, 4.69) is 105 Å². The highest BCUT2D eigenvalue weighted by molar-refractivity contribution is 9.10. The van der Waals surface area contributed by atoms with Gasteiger partial charge in [-0.25, -0.2) is 4.79 Å². The van der Waals surface area contributed by atoms with Crippen LogP contribution in [0.2, 0.25) is 28.2 Å². The van der Waals surface area contributed by atoms with Crippen LogP contribution in [0.3, 0.4) is 0 Å². The highest BCUT2D eigenvalue weighted by Crippen LogP contribution is 2.43. The summed E-state index contributed by atoms with van der Waals surface area (Å²) >= 11 is 16.4. The van der Waals surface area contributed by atoms with Crippen molar-refractivity contribution in [2.24, 2.45) is 0 Å². The summed E-state index contributed by atoms with van der Waals surface area (Å²) in [5, 5.41) is 14.6. The van der Waals surface area contributed by atoms with Gasteiger partial charge in [0.25, 0.3) is 8.32 Å². The van der Waals surface area contributed by atoms with Gasteiger partial charge < -0.3 is 24.5 Å². The Morgan fingerprint density at radius 2 is 1.45 bits per heavy atom. The number of carbonyl (C=O) groups is 1. The second kappa shape index (κ2) is 17.6. The Kier molecular flexibility index (Phi) is 13.8. The molecule has 4 aromatic rings. The average Bonchev–Trinajstić information content (AvgIpc) is 3.42. The molecule has 0 radical (unpaired) electrons. The minimum absolute atomic E-state index is 0.0165. The van der Waals surface area contributed by atoms with Gasteiger partial charge in [-0.15, -0.1) is 0 Å². The molecule has 0 saturated carbocycles. The van der Waals surface area contributed by atoms with Crippen molar-refractivity contribution in [3.63, 3.8) is 0 Å². The summed E-state index contributed by atoms with van der Waals surface area (Å²) in [6.45, 7) is 21.9. The fraction of sp³-hybridized carbons (Fsp3) is 0.444. The maximum Gasteiger partial charge on any atom is 0.410 e. The number of fused-ring (bicyclic) bond motifs is 2. The number of benzene rings is 4. The van der Waals surface area contributed by atoms with Crippen LogP contribution in [0.15, 0.2) is 77.3 Å². The standard InChI is InChI=1S/C27H37BrClNO3Si.C18H20ClNO/c1-26(2,3)32-25(31)30-14-13-19-15-23(29)24(33-34(7,8)27(4,5)6)16-21(19)22(17-30)18-9-11-20(28)12-10-18;1-2-12-3-5-13(6-4-12)16-11-20-8-7-14-9-17(19)18(21)10-15(14)16/h9-12,15-16,22H,13-14,17H2,1-8H3;3-6,9-10,16,20-21H,2,7-8,11H2,1H3/t22-;16-/m11/s1. The summed E-state index contributed by atoms with van der Waals surface area (Å²) in [5.74, 6) is 1.15. The Labute approximate surface area is 348 Å². The SMILES string of the molecule is CC(C)(C)OC(=O)N1CCc2cc(Cl)c(O[Si](C)(C)C(C)(C)C)cc2[C@@H](c2ccc(Br)cc2)C1.CCc1ccc([C@H]2CNCCc3cc(Cl)c(O)cc32)cc1. The fourth-order valence-corrected chi connectivity index (χ4v) is 8.58. The van der Waals surface area contributed by atoms with Crippen LogP contribution >= 0.6 is 39.1 Å². The first-order valence-electron chi connectivity index (χ1n) is 19.3. The molecule has 0 saturated heterocycles. The molecule has 0 fully saturated rings. The third kappa shape index (κ3) is 10.9. The smallest absolute Gasteiger partial charge is 0.410 e. The molecule has 1 amide bonds. The van der Waals surface area contributed by atoms with Crippen molar-refractivity contribution in [1.29, 1.82) is 0 Å². The van der Waals surface area contributed by atoms with Crippen molar-refractivity contribution in [3.8, 4) is 11.5 Å². The van der Waals surface area contributed by atoms with Crippen molar-refractivity contribution < 1.29 is 19.1 Å². The normalized spacial score (nSPS) is 17.5. The number of rotatable bonds is 5. The van der Waals surface area contributed by atoms with Crippen molar-refractivity contribution >= 4 is 53.5 Å². The van der Waals surface area contributed by atoms with Crippen molar-refractivity contribution in [2.45, 2.75) is 103 Å². The summed E-state index contributed by atoms with van der Waals surface area (Å²) in [4.78, 5) is 14.9. The first-order valence-corrected chi connectivity index (χ1v) is 23.8. The van der Waals surface area contributed by atoms with Crippen LogP contribution in [0.1, 0.15) is 99.2 Å². The van der Waals surface area contributed by atoms with E-state index >= 15 is 0 Å². The summed E-state index contributed by atoms with van der Waals surface area (Å²) in [5.41, 5.74) is 7.94. The molecule has 2 heterocycles. The Bertz CT molecular complexity index is 1960. The molecule has 296 valence electrons. The predicted molar refractivity (Wildman–Crippen MR) is 234 cm³/mol. The van der Waals surface area contributed by atoms with Crippen LogP contribution < -0.4 is 9.74 Å². The van der Waals surface area contributed by atoms with Crippen molar-refractivity contribution in [1.82, 2.24) is 10.2 Å². The summed E-state index contributed by atoms with van der Waals surface area (Å²) < 4.78 is 13.4. The van der Waals surface area contributed by atoms with E-state index in [9.17, 15) is 9.90 Å². The molecule has 0 spiro atoms. The highest BCUT2D eigenvalue weighted by Gasteiger charge is 2.40. The number of amides is 1. The fourth-order valence-electron chi connectivity index (χ4n) is 6.82. The molecule has 6 nitrogen and oxygen atoms in total. The lowest BCUT2D eigenvalue weighted by molar-refractivity contribution is 0.0251. The van der Waals surface area contributed by atoms with E-state index in [0.717, 1.165) is 52.8 Å². The molecule has 0 bridgehead atoms. The second-order valence-electron chi connectivity index (χ2n) is 17.2.